The highest BCUT2D eigenvalue weighted by Crippen LogP contribution is 2.06. The zero-order valence-corrected chi connectivity index (χ0v) is 14.1. The molecule has 1 amide bonds. The molecule has 8 heteroatoms. The zero-order chi connectivity index (χ0) is 17.8. The molecule has 1 N–H and O–H groups in total. The Morgan fingerprint density at radius 2 is 2.12 bits per heavy atom. The van der Waals surface area contributed by atoms with Crippen molar-refractivity contribution in [1.29, 1.82) is 0 Å². The minimum atomic E-state index is -0.414. The molecule has 0 spiro atoms. The summed E-state index contributed by atoms with van der Waals surface area (Å²) in [5.41, 5.74) is 0.431. The number of aromatic nitrogens is 4. The molecule has 130 valence electrons. The average Bonchev–Trinajstić information content (AvgIpc) is 3.06. The van der Waals surface area contributed by atoms with Gasteiger partial charge in [0.2, 0.25) is 0 Å². The Morgan fingerprint density at radius 1 is 1.32 bits per heavy atom. The second kappa shape index (κ2) is 7.25. The van der Waals surface area contributed by atoms with E-state index in [9.17, 15) is 9.59 Å². The summed E-state index contributed by atoms with van der Waals surface area (Å²) < 4.78 is 6.36. The molecule has 2 aromatic heterocycles. The van der Waals surface area contributed by atoms with Crippen molar-refractivity contribution in [2.45, 2.75) is 26.8 Å². The van der Waals surface area contributed by atoms with Gasteiger partial charge in [-0.05, 0) is 24.5 Å². The molecule has 0 aliphatic rings. The molecule has 0 fully saturated rings. The van der Waals surface area contributed by atoms with Gasteiger partial charge in [-0.15, -0.1) is 0 Å². The number of carbonyl (C=O) groups excluding carboxylic acids is 1. The normalized spacial score (nSPS) is 11.2. The fraction of sp³-hybridized carbons (Fsp3) is 0.353. The predicted octanol–water partition coefficient (Wildman–Crippen LogP) is 1.60. The van der Waals surface area contributed by atoms with Gasteiger partial charge in [0.25, 0.3) is 5.56 Å². The summed E-state index contributed by atoms with van der Waals surface area (Å²) in [6.07, 6.45) is 2.30. The molecule has 8 nitrogen and oxygen atoms in total. The van der Waals surface area contributed by atoms with Gasteiger partial charge in [0.05, 0.1) is 23.8 Å². The van der Waals surface area contributed by atoms with Crippen LogP contribution in [0.25, 0.3) is 10.9 Å². The summed E-state index contributed by atoms with van der Waals surface area (Å²) >= 11 is 0. The summed E-state index contributed by atoms with van der Waals surface area (Å²) in [5.74, 6) is 0.211. The van der Waals surface area contributed by atoms with Crippen LogP contribution < -0.4 is 10.9 Å². The number of hydrogen-bond acceptors (Lipinski definition) is 6. The largest absolute Gasteiger partial charge is 0.348 e. The topological polar surface area (TPSA) is 103 Å². The number of hydrogen-bond donors (Lipinski definition) is 1. The Morgan fingerprint density at radius 3 is 2.92 bits per heavy atom. The van der Waals surface area contributed by atoms with Crippen LogP contribution in [0.15, 0.2) is 39.9 Å². The smallest absolute Gasteiger partial charge is 0.316 e. The van der Waals surface area contributed by atoms with Crippen LogP contribution in [0.3, 0.4) is 0 Å². The highest BCUT2D eigenvalue weighted by atomic mass is 16.5. The molecule has 0 atom stereocenters. The van der Waals surface area contributed by atoms with Crippen molar-refractivity contribution in [1.82, 2.24) is 25.0 Å². The van der Waals surface area contributed by atoms with Gasteiger partial charge >= 0.3 is 11.8 Å². The van der Waals surface area contributed by atoms with Crippen molar-refractivity contribution in [2.75, 3.05) is 6.54 Å². The Hall–Kier alpha value is -3.03. The Bertz CT molecular complexity index is 945. The van der Waals surface area contributed by atoms with E-state index in [1.165, 1.54) is 10.9 Å². The molecule has 25 heavy (non-hydrogen) atoms. The molecule has 0 saturated carbocycles. The van der Waals surface area contributed by atoms with E-state index in [4.69, 9.17) is 4.52 Å². The molecule has 1 aromatic carbocycles. The van der Waals surface area contributed by atoms with Gasteiger partial charge in [0, 0.05) is 6.54 Å². The van der Waals surface area contributed by atoms with Gasteiger partial charge in [0.15, 0.2) is 5.82 Å². The lowest BCUT2D eigenvalue weighted by atomic mass is 10.1. The number of carbonyl (C=O) groups is 1. The van der Waals surface area contributed by atoms with Crippen molar-refractivity contribution in [3.63, 3.8) is 0 Å². The first kappa shape index (κ1) is 16.8. The van der Waals surface area contributed by atoms with Crippen LogP contribution in [-0.4, -0.2) is 32.1 Å². The average molecular weight is 341 g/mol. The third-order valence-electron chi connectivity index (χ3n) is 3.71. The highest BCUT2D eigenvalue weighted by molar-refractivity contribution is 5.89. The lowest BCUT2D eigenvalue weighted by Crippen LogP contribution is -2.25. The third kappa shape index (κ3) is 3.90. The standard InChI is InChI=1S/C17H19N5O3/c1-11(2)7-8-18-15(23)16-20-14(21-25-16)9-22-10-19-13-6-4-3-5-12(13)17(22)24/h3-6,10-11H,7-9H2,1-2H3,(H,18,23). The Kier molecular flexibility index (Phi) is 4.87. The molecule has 0 bridgehead atoms. The second-order valence-corrected chi connectivity index (χ2v) is 6.15. The third-order valence-corrected chi connectivity index (χ3v) is 3.71. The summed E-state index contributed by atoms with van der Waals surface area (Å²) in [5, 5.41) is 7.00. The van der Waals surface area contributed by atoms with Crippen molar-refractivity contribution < 1.29 is 9.32 Å². The first-order valence-corrected chi connectivity index (χ1v) is 8.09. The van der Waals surface area contributed by atoms with E-state index < -0.39 is 5.91 Å². The van der Waals surface area contributed by atoms with Crippen molar-refractivity contribution in [3.8, 4) is 0 Å². The van der Waals surface area contributed by atoms with E-state index in [0.29, 0.717) is 23.4 Å². The van der Waals surface area contributed by atoms with Gasteiger partial charge in [-0.25, -0.2) is 4.98 Å². The second-order valence-electron chi connectivity index (χ2n) is 6.15. The summed E-state index contributed by atoms with van der Waals surface area (Å²) in [6.45, 7) is 4.78. The number of rotatable bonds is 6. The molecular weight excluding hydrogens is 322 g/mol. The van der Waals surface area contributed by atoms with E-state index in [1.807, 2.05) is 6.07 Å². The maximum absolute atomic E-state index is 12.4. The summed E-state index contributed by atoms with van der Waals surface area (Å²) in [6, 6.07) is 7.09. The number of para-hydroxylation sites is 1. The maximum Gasteiger partial charge on any atom is 0.316 e. The number of benzene rings is 1. The van der Waals surface area contributed by atoms with Gasteiger partial charge in [-0.3, -0.25) is 14.2 Å². The molecule has 0 aliphatic heterocycles. The van der Waals surface area contributed by atoms with E-state index in [2.05, 4.69) is 34.3 Å². The van der Waals surface area contributed by atoms with Crippen LogP contribution >= 0.6 is 0 Å². The van der Waals surface area contributed by atoms with Gasteiger partial charge in [-0.1, -0.05) is 31.1 Å². The molecule has 2 heterocycles. The summed E-state index contributed by atoms with van der Waals surface area (Å²) in [7, 11) is 0. The molecule has 3 rings (SSSR count). The predicted molar refractivity (Wildman–Crippen MR) is 91.2 cm³/mol. The number of amides is 1. The SMILES string of the molecule is CC(C)CCNC(=O)c1nc(Cn2cnc3ccccc3c2=O)no1. The number of fused-ring (bicyclic) bond motifs is 1. The van der Waals surface area contributed by atoms with Crippen LogP contribution in [0.5, 0.6) is 0 Å². The summed E-state index contributed by atoms with van der Waals surface area (Å²) in [4.78, 5) is 32.7. The molecule has 0 unspecified atom stereocenters. The van der Waals surface area contributed by atoms with Gasteiger partial charge < -0.3 is 9.84 Å². The van der Waals surface area contributed by atoms with Crippen molar-refractivity contribution in [2.24, 2.45) is 5.92 Å². The first-order chi connectivity index (χ1) is 12.0. The van der Waals surface area contributed by atoms with E-state index >= 15 is 0 Å². The first-order valence-electron chi connectivity index (χ1n) is 8.09. The van der Waals surface area contributed by atoms with Crippen LogP contribution in [-0.2, 0) is 6.54 Å². The fourth-order valence-corrected chi connectivity index (χ4v) is 2.33. The molecule has 0 aliphatic carbocycles. The molecular formula is C17H19N5O3. The van der Waals surface area contributed by atoms with Crippen LogP contribution in [0.1, 0.15) is 36.8 Å². The van der Waals surface area contributed by atoms with Crippen molar-refractivity contribution >= 4 is 16.8 Å². The Balaban J connectivity index is 1.72. The van der Waals surface area contributed by atoms with Crippen LogP contribution in [0.4, 0.5) is 0 Å². The minimum absolute atomic E-state index is 0.0828. The van der Waals surface area contributed by atoms with E-state index in [-0.39, 0.29) is 23.8 Å². The zero-order valence-electron chi connectivity index (χ0n) is 14.1. The maximum atomic E-state index is 12.4. The number of nitrogens with one attached hydrogen (secondary N) is 1. The highest BCUT2D eigenvalue weighted by Gasteiger charge is 2.15. The molecule has 0 saturated heterocycles. The molecule has 0 radical (unpaired) electrons. The molecule has 3 aromatic rings. The van der Waals surface area contributed by atoms with E-state index in [0.717, 1.165) is 6.42 Å². The Labute approximate surface area is 143 Å². The lowest BCUT2D eigenvalue weighted by molar-refractivity contribution is 0.0908. The van der Waals surface area contributed by atoms with Gasteiger partial charge in [0.1, 0.15) is 0 Å². The number of nitrogens with zero attached hydrogens (tertiary/aromatic N) is 4. The van der Waals surface area contributed by atoms with Crippen LogP contribution in [0, 0.1) is 5.92 Å². The lowest BCUT2D eigenvalue weighted by Gasteiger charge is -2.04. The minimum Gasteiger partial charge on any atom is -0.348 e. The van der Waals surface area contributed by atoms with Crippen LogP contribution in [0.2, 0.25) is 0 Å². The van der Waals surface area contributed by atoms with E-state index in [1.54, 1.807) is 18.2 Å². The van der Waals surface area contributed by atoms with Crippen molar-refractivity contribution in [3.05, 3.63) is 52.7 Å². The quantitative estimate of drug-likeness (QED) is 0.730. The monoisotopic (exact) mass is 341 g/mol. The van der Waals surface area contributed by atoms with Gasteiger partial charge in [-0.2, -0.15) is 4.98 Å². The fourth-order valence-electron chi connectivity index (χ4n) is 2.33.